The van der Waals surface area contributed by atoms with Gasteiger partial charge in [-0.05, 0) is 18.2 Å². The summed E-state index contributed by atoms with van der Waals surface area (Å²) < 4.78 is 0.776. The average molecular weight is 366 g/mol. The van der Waals surface area contributed by atoms with Crippen molar-refractivity contribution >= 4 is 57.0 Å². The molecule has 5 nitrogen and oxygen atoms in total. The van der Waals surface area contributed by atoms with Crippen molar-refractivity contribution in [1.82, 2.24) is 4.90 Å². The quantitative estimate of drug-likeness (QED) is 0.845. The number of carboxylic acids is 1. The molecule has 0 spiro atoms. The number of halogens is 2. The number of aliphatic carboxylic acids is 1. The number of rotatable bonds is 2. The van der Waals surface area contributed by atoms with E-state index >= 15 is 0 Å². The SMILES string of the molecule is O=C(O)C1CSCN1C(=O)Nc1cc(Br)ccc1Cl. The number of urea groups is 1. The minimum absolute atomic E-state index is 0.356. The Morgan fingerprint density at radius 2 is 2.26 bits per heavy atom. The van der Waals surface area contributed by atoms with Gasteiger partial charge in [0.15, 0.2) is 0 Å². The van der Waals surface area contributed by atoms with Gasteiger partial charge in [-0.25, -0.2) is 9.59 Å². The van der Waals surface area contributed by atoms with Gasteiger partial charge in [0.1, 0.15) is 6.04 Å². The zero-order valence-corrected chi connectivity index (χ0v) is 12.8. The molecule has 1 unspecified atom stereocenters. The Balaban J connectivity index is 2.12. The van der Waals surface area contributed by atoms with Crippen molar-refractivity contribution in [2.75, 3.05) is 16.9 Å². The van der Waals surface area contributed by atoms with Crippen LogP contribution in [0.1, 0.15) is 0 Å². The van der Waals surface area contributed by atoms with E-state index in [0.29, 0.717) is 22.3 Å². The Morgan fingerprint density at radius 3 is 2.95 bits per heavy atom. The second kappa shape index (κ2) is 6.02. The van der Waals surface area contributed by atoms with Crippen LogP contribution < -0.4 is 5.32 Å². The number of benzene rings is 1. The molecule has 1 aliphatic rings. The molecule has 0 aliphatic carbocycles. The van der Waals surface area contributed by atoms with Gasteiger partial charge in [0.25, 0.3) is 0 Å². The molecule has 0 radical (unpaired) electrons. The van der Waals surface area contributed by atoms with Crippen molar-refractivity contribution in [3.8, 4) is 0 Å². The second-order valence-electron chi connectivity index (χ2n) is 3.88. The lowest BCUT2D eigenvalue weighted by atomic mass is 10.3. The topological polar surface area (TPSA) is 69.6 Å². The van der Waals surface area contributed by atoms with Gasteiger partial charge in [0.05, 0.1) is 16.6 Å². The summed E-state index contributed by atoms with van der Waals surface area (Å²) in [5.74, 6) is -0.246. The van der Waals surface area contributed by atoms with Crippen molar-refractivity contribution in [2.24, 2.45) is 0 Å². The van der Waals surface area contributed by atoms with E-state index in [0.717, 1.165) is 4.47 Å². The van der Waals surface area contributed by atoms with Crippen LogP contribution in [-0.4, -0.2) is 39.7 Å². The number of anilines is 1. The minimum Gasteiger partial charge on any atom is -0.480 e. The number of nitrogens with one attached hydrogen (secondary N) is 1. The third-order valence-corrected chi connectivity index (χ3v) is 4.43. The second-order valence-corrected chi connectivity index (χ2v) is 6.20. The van der Waals surface area contributed by atoms with E-state index in [-0.39, 0.29) is 0 Å². The largest absolute Gasteiger partial charge is 0.480 e. The lowest BCUT2D eigenvalue weighted by Crippen LogP contribution is -2.44. The highest BCUT2D eigenvalue weighted by Crippen LogP contribution is 2.27. The third-order valence-electron chi connectivity index (χ3n) is 2.60. The third kappa shape index (κ3) is 3.34. The molecule has 0 aromatic heterocycles. The fourth-order valence-electron chi connectivity index (χ4n) is 1.63. The molecular formula is C11H10BrClN2O3S. The molecular weight excluding hydrogens is 356 g/mol. The Kier molecular flexibility index (Phi) is 4.59. The van der Waals surface area contributed by atoms with Crippen LogP contribution in [0.3, 0.4) is 0 Å². The number of carbonyl (C=O) groups excluding carboxylic acids is 1. The van der Waals surface area contributed by atoms with Crippen molar-refractivity contribution in [2.45, 2.75) is 6.04 Å². The number of nitrogens with zero attached hydrogens (tertiary/aromatic N) is 1. The molecule has 1 fully saturated rings. The van der Waals surface area contributed by atoms with Crippen LogP contribution in [-0.2, 0) is 4.79 Å². The van der Waals surface area contributed by atoms with Gasteiger partial charge >= 0.3 is 12.0 Å². The molecule has 1 aliphatic heterocycles. The molecule has 1 aromatic rings. The maximum absolute atomic E-state index is 12.1. The minimum atomic E-state index is -1.000. The van der Waals surface area contributed by atoms with Crippen LogP contribution in [0.4, 0.5) is 10.5 Å². The number of amides is 2. The molecule has 1 saturated heterocycles. The van der Waals surface area contributed by atoms with Crippen molar-refractivity contribution in [3.63, 3.8) is 0 Å². The summed E-state index contributed by atoms with van der Waals surface area (Å²) in [6, 6.07) is 3.81. The molecule has 19 heavy (non-hydrogen) atoms. The molecule has 2 N–H and O–H groups in total. The lowest BCUT2D eigenvalue weighted by molar-refractivity contribution is -0.140. The lowest BCUT2D eigenvalue weighted by Gasteiger charge is -2.21. The van der Waals surface area contributed by atoms with Crippen LogP contribution in [0, 0.1) is 0 Å². The highest BCUT2D eigenvalue weighted by Gasteiger charge is 2.34. The smallest absolute Gasteiger partial charge is 0.327 e. The van der Waals surface area contributed by atoms with Gasteiger partial charge in [-0.15, -0.1) is 11.8 Å². The maximum Gasteiger partial charge on any atom is 0.327 e. The predicted octanol–water partition coefficient (Wildman–Crippen LogP) is 3.09. The van der Waals surface area contributed by atoms with Gasteiger partial charge in [-0.1, -0.05) is 27.5 Å². The summed E-state index contributed by atoms with van der Waals surface area (Å²) in [5.41, 5.74) is 0.446. The first-order chi connectivity index (χ1) is 8.99. The van der Waals surface area contributed by atoms with Gasteiger partial charge in [-0.3, -0.25) is 0 Å². The number of thioether (sulfide) groups is 1. The predicted molar refractivity (Wildman–Crippen MR) is 78.8 cm³/mol. The molecule has 2 rings (SSSR count). The Hall–Kier alpha value is -0.920. The fourth-order valence-corrected chi connectivity index (χ4v) is 3.30. The van der Waals surface area contributed by atoms with E-state index in [4.69, 9.17) is 16.7 Å². The van der Waals surface area contributed by atoms with Gasteiger partial charge in [0, 0.05) is 10.2 Å². The van der Waals surface area contributed by atoms with E-state index < -0.39 is 18.0 Å². The summed E-state index contributed by atoms with van der Waals surface area (Å²) in [4.78, 5) is 24.4. The number of hydrogen-bond donors (Lipinski definition) is 2. The number of carboxylic acid groups (broad SMARTS) is 1. The van der Waals surface area contributed by atoms with Crippen molar-refractivity contribution in [3.05, 3.63) is 27.7 Å². The Morgan fingerprint density at radius 1 is 1.53 bits per heavy atom. The monoisotopic (exact) mass is 364 g/mol. The Labute approximate surface area is 127 Å². The van der Waals surface area contributed by atoms with E-state index in [1.165, 1.54) is 16.7 Å². The van der Waals surface area contributed by atoms with Crippen LogP contribution in [0.25, 0.3) is 0 Å². The zero-order valence-electron chi connectivity index (χ0n) is 9.60. The zero-order chi connectivity index (χ0) is 14.0. The van der Waals surface area contributed by atoms with Crippen molar-refractivity contribution in [1.29, 1.82) is 0 Å². The molecule has 1 atom stereocenters. The van der Waals surface area contributed by atoms with Gasteiger partial charge in [0.2, 0.25) is 0 Å². The first-order valence-corrected chi connectivity index (χ1v) is 7.65. The number of hydrogen-bond acceptors (Lipinski definition) is 3. The molecule has 1 aromatic carbocycles. The standard InChI is InChI=1S/C11H10BrClN2O3S/c12-6-1-2-7(13)8(3-6)14-11(18)15-5-19-4-9(15)10(16)17/h1-3,9H,4-5H2,(H,14,18)(H,16,17). The van der Waals surface area contributed by atoms with E-state index in [2.05, 4.69) is 21.2 Å². The van der Waals surface area contributed by atoms with Crippen LogP contribution in [0.2, 0.25) is 5.02 Å². The molecule has 0 saturated carbocycles. The first-order valence-electron chi connectivity index (χ1n) is 5.32. The van der Waals surface area contributed by atoms with Gasteiger partial charge < -0.3 is 15.3 Å². The normalized spacial score (nSPS) is 18.4. The van der Waals surface area contributed by atoms with Crippen LogP contribution >= 0.6 is 39.3 Å². The van der Waals surface area contributed by atoms with Crippen LogP contribution in [0.15, 0.2) is 22.7 Å². The average Bonchev–Trinajstić information content (AvgIpc) is 2.83. The summed E-state index contributed by atoms with van der Waals surface area (Å²) in [5, 5.41) is 12.1. The number of carbonyl (C=O) groups is 2. The van der Waals surface area contributed by atoms with E-state index in [9.17, 15) is 9.59 Å². The van der Waals surface area contributed by atoms with Crippen molar-refractivity contribution < 1.29 is 14.7 Å². The summed E-state index contributed by atoms with van der Waals surface area (Å²) in [6.07, 6.45) is 0. The molecule has 2 amide bonds. The first kappa shape index (κ1) is 14.5. The van der Waals surface area contributed by atoms with Crippen LogP contribution in [0.5, 0.6) is 0 Å². The fraction of sp³-hybridized carbons (Fsp3) is 0.273. The molecule has 8 heteroatoms. The summed E-state index contributed by atoms with van der Waals surface area (Å²) >= 11 is 10.7. The highest BCUT2D eigenvalue weighted by atomic mass is 79.9. The van der Waals surface area contributed by atoms with Gasteiger partial charge in [-0.2, -0.15) is 0 Å². The molecule has 0 bridgehead atoms. The maximum atomic E-state index is 12.1. The van der Waals surface area contributed by atoms with E-state index in [1.54, 1.807) is 18.2 Å². The summed E-state index contributed by atoms with van der Waals surface area (Å²) in [7, 11) is 0. The summed E-state index contributed by atoms with van der Waals surface area (Å²) in [6.45, 7) is 0. The Bertz CT molecular complexity index is 529. The van der Waals surface area contributed by atoms with E-state index in [1.807, 2.05) is 0 Å². The molecule has 1 heterocycles. The molecule has 102 valence electrons. The highest BCUT2D eigenvalue weighted by molar-refractivity contribution is 9.10.